The summed E-state index contributed by atoms with van der Waals surface area (Å²) < 4.78 is 2.35. The zero-order chi connectivity index (χ0) is 20.5. The summed E-state index contributed by atoms with van der Waals surface area (Å²) in [5, 5.41) is 9.23. The van der Waals surface area contributed by atoms with Gasteiger partial charge in [0.15, 0.2) is 11.4 Å². The second kappa shape index (κ2) is 7.64. The van der Waals surface area contributed by atoms with Crippen LogP contribution in [0.3, 0.4) is 0 Å². The molecule has 7 heteroatoms. The van der Waals surface area contributed by atoms with Crippen molar-refractivity contribution in [1.29, 1.82) is 0 Å². The van der Waals surface area contributed by atoms with E-state index in [4.69, 9.17) is 11.6 Å². The zero-order valence-electron chi connectivity index (χ0n) is 16.0. The number of hydrogen-bond donors (Lipinski definition) is 0. The van der Waals surface area contributed by atoms with Crippen molar-refractivity contribution in [1.82, 2.24) is 19.4 Å². The molecule has 0 unspecified atom stereocenters. The minimum atomic E-state index is -0.456. The third-order valence-corrected chi connectivity index (χ3v) is 5.02. The topological polar surface area (TPSA) is 69.3 Å². The fourth-order valence-corrected chi connectivity index (χ4v) is 3.19. The summed E-state index contributed by atoms with van der Waals surface area (Å²) in [5.41, 5.74) is 3.08. The Bertz CT molecular complexity index is 1240. The van der Waals surface area contributed by atoms with Crippen LogP contribution in [0.2, 0.25) is 5.02 Å². The van der Waals surface area contributed by atoms with Gasteiger partial charge in [-0.15, -0.1) is 5.10 Å². The Hall–Kier alpha value is -3.25. The second-order valence-corrected chi connectivity index (χ2v) is 7.57. The van der Waals surface area contributed by atoms with Gasteiger partial charge in [0.25, 0.3) is 0 Å². The van der Waals surface area contributed by atoms with E-state index in [0.29, 0.717) is 27.8 Å². The first-order chi connectivity index (χ1) is 13.9. The normalized spacial score (nSPS) is 11.3. The molecule has 0 bridgehead atoms. The van der Waals surface area contributed by atoms with Crippen LogP contribution in [0.5, 0.6) is 0 Å². The SMILES string of the molecule is CC(C)c1ccc(C(=O)Cn2nc3ccc(-c4ccc(Cl)cc4)nn3c2=O)cc1. The first-order valence-corrected chi connectivity index (χ1v) is 9.66. The smallest absolute Gasteiger partial charge is 0.292 e. The highest BCUT2D eigenvalue weighted by Gasteiger charge is 2.14. The van der Waals surface area contributed by atoms with E-state index >= 15 is 0 Å². The predicted octanol–water partition coefficient (Wildman–Crippen LogP) is 4.22. The molecule has 0 amide bonds. The number of carbonyl (C=O) groups excluding carboxylic acids is 1. The average molecular weight is 407 g/mol. The predicted molar refractivity (Wildman–Crippen MR) is 113 cm³/mol. The quantitative estimate of drug-likeness (QED) is 0.465. The van der Waals surface area contributed by atoms with Gasteiger partial charge in [-0.1, -0.05) is 61.8 Å². The molecule has 146 valence electrons. The highest BCUT2D eigenvalue weighted by Crippen LogP contribution is 2.19. The minimum absolute atomic E-state index is 0.139. The van der Waals surface area contributed by atoms with Gasteiger partial charge in [0.1, 0.15) is 6.54 Å². The minimum Gasteiger partial charge on any atom is -0.292 e. The molecule has 0 radical (unpaired) electrons. The van der Waals surface area contributed by atoms with Crippen molar-refractivity contribution in [3.8, 4) is 11.3 Å². The average Bonchev–Trinajstić information content (AvgIpc) is 3.03. The maximum absolute atomic E-state index is 12.7. The van der Waals surface area contributed by atoms with Crippen LogP contribution in [-0.2, 0) is 6.54 Å². The van der Waals surface area contributed by atoms with Crippen LogP contribution in [0.4, 0.5) is 0 Å². The molecule has 2 aromatic carbocycles. The molecule has 4 rings (SSSR count). The van der Waals surface area contributed by atoms with Crippen molar-refractivity contribution in [3.05, 3.63) is 87.3 Å². The Morgan fingerprint density at radius 3 is 2.31 bits per heavy atom. The monoisotopic (exact) mass is 406 g/mol. The number of hydrogen-bond acceptors (Lipinski definition) is 4. The third-order valence-electron chi connectivity index (χ3n) is 4.77. The molecule has 0 aliphatic rings. The standard InChI is InChI=1S/C22H19ClN4O2/c1-14(2)15-3-5-17(6-4-15)20(28)13-26-22(29)27-21(25-26)12-11-19(24-27)16-7-9-18(23)10-8-16/h3-12,14H,13H2,1-2H3. The zero-order valence-corrected chi connectivity index (χ0v) is 16.8. The van der Waals surface area contributed by atoms with E-state index in [-0.39, 0.29) is 12.3 Å². The van der Waals surface area contributed by atoms with Crippen molar-refractivity contribution < 1.29 is 4.79 Å². The van der Waals surface area contributed by atoms with Crippen molar-refractivity contribution in [2.24, 2.45) is 0 Å². The number of benzene rings is 2. The molecular formula is C22H19ClN4O2. The third kappa shape index (κ3) is 3.84. The van der Waals surface area contributed by atoms with E-state index in [1.807, 2.05) is 24.3 Å². The van der Waals surface area contributed by atoms with E-state index in [9.17, 15) is 9.59 Å². The first-order valence-electron chi connectivity index (χ1n) is 9.28. The first kappa shape index (κ1) is 19.1. The maximum Gasteiger partial charge on any atom is 0.367 e. The molecule has 2 aromatic heterocycles. The van der Waals surface area contributed by atoms with Crippen molar-refractivity contribution in [2.45, 2.75) is 26.3 Å². The largest absolute Gasteiger partial charge is 0.367 e. The van der Waals surface area contributed by atoms with Gasteiger partial charge in [-0.05, 0) is 35.7 Å². The number of halogens is 1. The Morgan fingerprint density at radius 2 is 1.66 bits per heavy atom. The Kier molecular flexibility index (Phi) is 5.03. The molecule has 0 aliphatic carbocycles. The lowest BCUT2D eigenvalue weighted by molar-refractivity contribution is 0.0966. The van der Waals surface area contributed by atoms with Gasteiger partial charge in [-0.3, -0.25) is 4.79 Å². The number of nitrogens with zero attached hydrogens (tertiary/aromatic N) is 4. The molecule has 0 aliphatic heterocycles. The van der Waals surface area contributed by atoms with E-state index in [1.165, 1.54) is 4.52 Å². The lowest BCUT2D eigenvalue weighted by Crippen LogP contribution is -2.26. The summed E-state index contributed by atoms with van der Waals surface area (Å²) >= 11 is 5.92. The fraction of sp³-hybridized carbons (Fsp3) is 0.182. The molecule has 0 N–H and O–H groups in total. The molecule has 0 fully saturated rings. The van der Waals surface area contributed by atoms with Crippen molar-refractivity contribution >= 4 is 23.0 Å². The van der Waals surface area contributed by atoms with Gasteiger partial charge >= 0.3 is 5.69 Å². The molecule has 0 atom stereocenters. The number of aromatic nitrogens is 4. The van der Waals surface area contributed by atoms with E-state index in [0.717, 1.165) is 15.8 Å². The van der Waals surface area contributed by atoms with E-state index in [2.05, 4.69) is 24.0 Å². The highest BCUT2D eigenvalue weighted by atomic mass is 35.5. The van der Waals surface area contributed by atoms with Crippen molar-refractivity contribution in [2.75, 3.05) is 0 Å². The summed E-state index contributed by atoms with van der Waals surface area (Å²) in [6.07, 6.45) is 0. The summed E-state index contributed by atoms with van der Waals surface area (Å²) in [5.74, 6) is 0.213. The second-order valence-electron chi connectivity index (χ2n) is 7.14. The lowest BCUT2D eigenvalue weighted by atomic mass is 10.0. The van der Waals surface area contributed by atoms with Gasteiger partial charge in [-0.2, -0.15) is 9.61 Å². The number of fused-ring (bicyclic) bond motifs is 1. The Labute approximate surface area is 172 Å². The van der Waals surface area contributed by atoms with Crippen LogP contribution in [-0.4, -0.2) is 25.2 Å². The summed E-state index contributed by atoms with van der Waals surface area (Å²) in [6.45, 7) is 4.05. The van der Waals surface area contributed by atoms with Gasteiger partial charge in [-0.25, -0.2) is 9.48 Å². The van der Waals surface area contributed by atoms with Gasteiger partial charge in [0, 0.05) is 16.1 Å². The summed E-state index contributed by atoms with van der Waals surface area (Å²) in [7, 11) is 0. The van der Waals surface area contributed by atoms with Gasteiger partial charge in [0.2, 0.25) is 0 Å². The maximum atomic E-state index is 12.7. The van der Waals surface area contributed by atoms with Crippen LogP contribution >= 0.6 is 11.6 Å². The van der Waals surface area contributed by atoms with Crippen LogP contribution < -0.4 is 5.69 Å². The van der Waals surface area contributed by atoms with E-state index < -0.39 is 5.69 Å². The molecule has 0 saturated heterocycles. The summed E-state index contributed by atoms with van der Waals surface area (Å²) in [4.78, 5) is 25.3. The molecular weight excluding hydrogens is 388 g/mol. The van der Waals surface area contributed by atoms with E-state index in [1.54, 1.807) is 36.4 Å². The molecule has 6 nitrogen and oxygen atoms in total. The number of Topliss-reactive ketones (excluding diaryl/α,β-unsaturated/α-hetero) is 1. The number of rotatable bonds is 5. The number of ketones is 1. The van der Waals surface area contributed by atoms with Crippen LogP contribution in [0.15, 0.2) is 65.5 Å². The molecule has 0 spiro atoms. The van der Waals surface area contributed by atoms with Crippen LogP contribution in [0.1, 0.15) is 35.7 Å². The molecule has 4 aromatic rings. The fourth-order valence-electron chi connectivity index (χ4n) is 3.07. The van der Waals surface area contributed by atoms with Crippen LogP contribution in [0.25, 0.3) is 16.9 Å². The summed E-state index contributed by atoms with van der Waals surface area (Å²) in [6, 6.07) is 18.1. The van der Waals surface area contributed by atoms with Gasteiger partial charge in [0.05, 0.1) is 5.69 Å². The Balaban J connectivity index is 1.62. The van der Waals surface area contributed by atoms with Crippen LogP contribution in [0, 0.1) is 0 Å². The lowest BCUT2D eigenvalue weighted by Gasteiger charge is -2.06. The van der Waals surface area contributed by atoms with Gasteiger partial charge < -0.3 is 0 Å². The molecule has 2 heterocycles. The van der Waals surface area contributed by atoms with Crippen molar-refractivity contribution in [3.63, 3.8) is 0 Å². The highest BCUT2D eigenvalue weighted by molar-refractivity contribution is 6.30. The Morgan fingerprint density at radius 1 is 0.966 bits per heavy atom. The molecule has 0 saturated carbocycles. The number of carbonyl (C=O) groups is 1. The molecule has 29 heavy (non-hydrogen) atoms.